The fourth-order valence-electron chi connectivity index (χ4n) is 2.93. The molecule has 1 aliphatic rings. The van der Waals surface area contributed by atoms with E-state index in [4.69, 9.17) is 27.9 Å². The van der Waals surface area contributed by atoms with Gasteiger partial charge in [0.15, 0.2) is 0 Å². The van der Waals surface area contributed by atoms with Crippen LogP contribution < -0.4 is 9.64 Å². The minimum absolute atomic E-state index is 0.363. The molecule has 4 nitrogen and oxygen atoms in total. The van der Waals surface area contributed by atoms with Crippen molar-refractivity contribution >= 4 is 40.6 Å². The van der Waals surface area contributed by atoms with E-state index in [2.05, 4.69) is 0 Å². The molecule has 1 heterocycles. The van der Waals surface area contributed by atoms with E-state index in [-0.39, 0.29) is 0 Å². The van der Waals surface area contributed by atoms with Crippen LogP contribution in [0, 0.1) is 13.8 Å². The first-order valence-corrected chi connectivity index (χ1v) is 8.70. The Kier molecular flexibility index (Phi) is 5.02. The van der Waals surface area contributed by atoms with Crippen LogP contribution in [-0.4, -0.2) is 24.8 Å². The molecule has 2 aromatic rings. The predicted octanol–water partition coefficient (Wildman–Crippen LogP) is 4.61. The number of carbonyl (C=O) groups is 2. The van der Waals surface area contributed by atoms with Gasteiger partial charge >= 0.3 is 0 Å². The molecule has 0 saturated carbocycles. The monoisotopic (exact) mass is 377 g/mol. The van der Waals surface area contributed by atoms with E-state index >= 15 is 0 Å². The van der Waals surface area contributed by atoms with Crippen LogP contribution in [0.2, 0.25) is 10.0 Å². The second-order valence-electron chi connectivity index (χ2n) is 5.99. The third-order valence-corrected chi connectivity index (χ3v) is 5.05. The number of amides is 1. The average molecular weight is 378 g/mol. The molecule has 0 radical (unpaired) electrons. The summed E-state index contributed by atoms with van der Waals surface area (Å²) in [6.45, 7) is 4.64. The zero-order chi connectivity index (χ0) is 18.1. The molecule has 1 amide bonds. The summed E-state index contributed by atoms with van der Waals surface area (Å²) in [6, 6.07) is 8.73. The van der Waals surface area contributed by atoms with Gasteiger partial charge in [-0.1, -0.05) is 29.3 Å². The van der Waals surface area contributed by atoms with Crippen molar-refractivity contribution in [2.24, 2.45) is 0 Å². The summed E-state index contributed by atoms with van der Waals surface area (Å²) >= 11 is 12.3. The lowest BCUT2D eigenvalue weighted by atomic mass is 10.1. The predicted molar refractivity (Wildman–Crippen MR) is 99.2 cm³/mol. The molecule has 0 bridgehead atoms. The second kappa shape index (κ2) is 7.06. The van der Waals surface area contributed by atoms with E-state index in [1.807, 2.05) is 26.0 Å². The quantitative estimate of drug-likeness (QED) is 0.564. The van der Waals surface area contributed by atoms with Gasteiger partial charge in [-0.2, -0.15) is 0 Å². The molecule has 25 heavy (non-hydrogen) atoms. The number of anilines is 1. The van der Waals surface area contributed by atoms with E-state index in [1.54, 1.807) is 18.2 Å². The molecule has 0 N–H and O–H groups in total. The molecule has 0 aliphatic carbocycles. The van der Waals surface area contributed by atoms with Crippen molar-refractivity contribution < 1.29 is 14.3 Å². The third kappa shape index (κ3) is 3.37. The Morgan fingerprint density at radius 2 is 1.76 bits per heavy atom. The number of para-hydroxylation sites is 1. The van der Waals surface area contributed by atoms with E-state index < -0.39 is 11.7 Å². The van der Waals surface area contributed by atoms with Gasteiger partial charge in [-0.15, -0.1) is 0 Å². The van der Waals surface area contributed by atoms with Gasteiger partial charge in [-0.3, -0.25) is 9.59 Å². The maximum Gasteiger partial charge on any atom is 0.299 e. The molecule has 0 saturated heterocycles. The standard InChI is InChI=1S/C19H17Cl2NO3/c1-11-9-13(10-12(2)16(11)21)25-8-4-7-22-17-14(18(23)19(22)24)5-3-6-15(17)20/h3,5-6,9-10H,4,7-8H2,1-2H3. The number of carbonyl (C=O) groups excluding carboxylic acids is 2. The molecule has 130 valence electrons. The number of ketones is 1. The number of aryl methyl sites for hydroxylation is 2. The lowest BCUT2D eigenvalue weighted by Gasteiger charge is -2.18. The lowest BCUT2D eigenvalue weighted by molar-refractivity contribution is -0.114. The summed E-state index contributed by atoms with van der Waals surface area (Å²) in [6.07, 6.45) is 0.574. The highest BCUT2D eigenvalue weighted by Gasteiger charge is 2.36. The first kappa shape index (κ1) is 17.8. The van der Waals surface area contributed by atoms with Gasteiger partial charge < -0.3 is 9.64 Å². The SMILES string of the molecule is Cc1cc(OCCCN2C(=O)C(=O)c3cccc(Cl)c32)cc(C)c1Cl. The third-order valence-electron chi connectivity index (χ3n) is 4.15. The van der Waals surface area contributed by atoms with Crippen LogP contribution in [0.4, 0.5) is 5.69 Å². The van der Waals surface area contributed by atoms with Crippen LogP contribution in [-0.2, 0) is 4.79 Å². The summed E-state index contributed by atoms with van der Waals surface area (Å²) in [4.78, 5) is 25.6. The number of halogens is 2. The fraction of sp³-hybridized carbons (Fsp3) is 0.263. The molecule has 0 unspecified atom stereocenters. The highest BCUT2D eigenvalue weighted by molar-refractivity contribution is 6.54. The topological polar surface area (TPSA) is 46.6 Å². The van der Waals surface area contributed by atoms with Crippen LogP contribution in [0.25, 0.3) is 0 Å². The smallest absolute Gasteiger partial charge is 0.299 e. The van der Waals surface area contributed by atoms with Gasteiger partial charge in [0.05, 0.1) is 22.9 Å². The first-order chi connectivity index (χ1) is 11.9. The Balaban J connectivity index is 1.64. The van der Waals surface area contributed by atoms with Gasteiger partial charge in [0, 0.05) is 11.6 Å². The molecule has 0 atom stereocenters. The molecule has 0 aromatic heterocycles. The zero-order valence-electron chi connectivity index (χ0n) is 13.9. The number of Topliss-reactive ketones (excluding diaryl/α,β-unsaturated/α-hetero) is 1. The van der Waals surface area contributed by atoms with Crippen LogP contribution >= 0.6 is 23.2 Å². The summed E-state index contributed by atoms with van der Waals surface area (Å²) in [5.74, 6) is -0.315. The molecule has 1 aliphatic heterocycles. The lowest BCUT2D eigenvalue weighted by Crippen LogP contribution is -2.31. The number of benzene rings is 2. The van der Waals surface area contributed by atoms with E-state index in [1.165, 1.54) is 4.90 Å². The Morgan fingerprint density at radius 3 is 2.44 bits per heavy atom. The molecule has 2 aromatic carbocycles. The second-order valence-corrected chi connectivity index (χ2v) is 6.78. The summed E-state index contributed by atoms with van der Waals surface area (Å²) < 4.78 is 5.75. The van der Waals surface area contributed by atoms with E-state index in [0.29, 0.717) is 35.8 Å². The number of nitrogens with zero attached hydrogens (tertiary/aromatic N) is 1. The Labute approximate surface area is 156 Å². The first-order valence-electron chi connectivity index (χ1n) is 7.94. The Bertz CT molecular complexity index is 841. The van der Waals surface area contributed by atoms with Gasteiger partial charge in [0.2, 0.25) is 0 Å². The van der Waals surface area contributed by atoms with Gasteiger partial charge in [0.1, 0.15) is 5.75 Å². The molecule has 0 fully saturated rings. The number of hydrogen-bond acceptors (Lipinski definition) is 3. The van der Waals surface area contributed by atoms with Crippen molar-refractivity contribution in [1.82, 2.24) is 0 Å². The van der Waals surface area contributed by atoms with Crippen LogP contribution in [0.3, 0.4) is 0 Å². The summed E-state index contributed by atoms with van der Waals surface area (Å²) in [5.41, 5.74) is 2.77. The van der Waals surface area contributed by atoms with Gasteiger partial charge in [-0.25, -0.2) is 0 Å². The normalized spacial score (nSPS) is 13.4. The molecule has 3 rings (SSSR count). The number of hydrogen-bond donors (Lipinski definition) is 0. The zero-order valence-corrected chi connectivity index (χ0v) is 15.4. The largest absolute Gasteiger partial charge is 0.494 e. The fourth-order valence-corrected chi connectivity index (χ4v) is 3.31. The maximum atomic E-state index is 12.2. The van der Waals surface area contributed by atoms with Crippen molar-refractivity contribution in [2.75, 3.05) is 18.1 Å². The minimum atomic E-state index is -0.540. The van der Waals surface area contributed by atoms with Crippen molar-refractivity contribution in [2.45, 2.75) is 20.3 Å². The van der Waals surface area contributed by atoms with Crippen molar-refractivity contribution in [3.8, 4) is 5.75 Å². The number of ether oxygens (including phenoxy) is 1. The summed E-state index contributed by atoms with van der Waals surface area (Å²) in [5, 5.41) is 1.14. The van der Waals surface area contributed by atoms with E-state index in [9.17, 15) is 9.59 Å². The molecular weight excluding hydrogens is 361 g/mol. The Hall–Kier alpha value is -2.04. The van der Waals surface area contributed by atoms with Crippen molar-refractivity contribution in [3.05, 3.63) is 57.1 Å². The van der Waals surface area contributed by atoms with Crippen molar-refractivity contribution in [3.63, 3.8) is 0 Å². The highest BCUT2D eigenvalue weighted by Crippen LogP contribution is 2.35. The average Bonchev–Trinajstić information content (AvgIpc) is 2.82. The van der Waals surface area contributed by atoms with Crippen molar-refractivity contribution in [1.29, 1.82) is 0 Å². The van der Waals surface area contributed by atoms with Gasteiger partial charge in [-0.05, 0) is 55.7 Å². The van der Waals surface area contributed by atoms with Gasteiger partial charge in [0.25, 0.3) is 11.7 Å². The van der Waals surface area contributed by atoms with Crippen LogP contribution in [0.1, 0.15) is 27.9 Å². The molecule has 0 spiro atoms. The highest BCUT2D eigenvalue weighted by atomic mass is 35.5. The number of rotatable bonds is 5. The summed E-state index contributed by atoms with van der Waals surface area (Å²) in [7, 11) is 0. The van der Waals surface area contributed by atoms with E-state index in [0.717, 1.165) is 21.9 Å². The molecule has 6 heteroatoms. The Morgan fingerprint density at radius 1 is 1.08 bits per heavy atom. The minimum Gasteiger partial charge on any atom is -0.494 e. The maximum absolute atomic E-state index is 12.2. The number of fused-ring (bicyclic) bond motifs is 1. The van der Waals surface area contributed by atoms with Crippen LogP contribution in [0.15, 0.2) is 30.3 Å². The molecular formula is C19H17Cl2NO3. The van der Waals surface area contributed by atoms with Crippen LogP contribution in [0.5, 0.6) is 5.75 Å².